The Morgan fingerprint density at radius 1 is 1.27 bits per heavy atom. The first-order valence-electron chi connectivity index (χ1n) is 8.23. The quantitative estimate of drug-likeness (QED) is 0.808. The molecule has 9 heteroatoms. The largest absolute Gasteiger partial charge is 0.371 e. The molecule has 0 spiro atoms. The van der Waals surface area contributed by atoms with E-state index in [9.17, 15) is 22.4 Å². The summed E-state index contributed by atoms with van der Waals surface area (Å²) in [5, 5.41) is 3.14. The van der Waals surface area contributed by atoms with Crippen molar-refractivity contribution in [2.24, 2.45) is 0 Å². The lowest BCUT2D eigenvalue weighted by Crippen LogP contribution is -2.59. The van der Waals surface area contributed by atoms with E-state index in [0.29, 0.717) is 18.5 Å². The number of hydrogen-bond acceptors (Lipinski definition) is 5. The Bertz CT molecular complexity index is 787. The molecule has 1 aliphatic heterocycles. The highest BCUT2D eigenvalue weighted by atomic mass is 32.2. The number of nitrogens with zero attached hydrogens (tertiary/aromatic N) is 2. The molecule has 0 unspecified atom stereocenters. The van der Waals surface area contributed by atoms with Crippen LogP contribution in [0.4, 0.5) is 10.1 Å². The van der Waals surface area contributed by atoms with Gasteiger partial charge in [-0.2, -0.15) is 0 Å². The third-order valence-corrected chi connectivity index (χ3v) is 5.15. The molecule has 7 nitrogen and oxygen atoms in total. The van der Waals surface area contributed by atoms with Crippen LogP contribution in [0, 0.1) is 5.82 Å². The molecule has 1 heterocycles. The van der Waals surface area contributed by atoms with Gasteiger partial charge < -0.3 is 15.1 Å². The minimum atomic E-state index is -3.41. The number of piperidine rings is 1. The number of nitrogens with one attached hydrogen (secondary N) is 1. The lowest BCUT2D eigenvalue weighted by atomic mass is 9.85. The van der Waals surface area contributed by atoms with Crippen LogP contribution in [0.5, 0.6) is 0 Å². The second-order valence-corrected chi connectivity index (χ2v) is 9.01. The van der Waals surface area contributed by atoms with E-state index in [2.05, 4.69) is 5.32 Å². The number of carbonyl (C=O) groups is 2. The maximum absolute atomic E-state index is 13.5. The highest BCUT2D eigenvalue weighted by molar-refractivity contribution is 7.91. The molecule has 0 aliphatic carbocycles. The monoisotopic (exact) mass is 385 g/mol. The molecule has 0 bridgehead atoms. The average Bonchev–Trinajstić information content (AvgIpc) is 2.53. The third-order valence-electron chi connectivity index (χ3n) is 4.38. The summed E-state index contributed by atoms with van der Waals surface area (Å²) in [6, 6.07) is 5.86. The molecular formula is C17H24FN3O4S. The van der Waals surface area contributed by atoms with E-state index in [4.69, 9.17) is 0 Å². The summed E-state index contributed by atoms with van der Waals surface area (Å²) in [6.07, 6.45) is 1.62. The topological polar surface area (TPSA) is 86.8 Å². The van der Waals surface area contributed by atoms with Crippen LogP contribution >= 0.6 is 0 Å². The lowest BCUT2D eigenvalue weighted by molar-refractivity contribution is -0.138. The Labute approximate surface area is 153 Å². The van der Waals surface area contributed by atoms with Gasteiger partial charge in [-0.15, -0.1) is 0 Å². The fourth-order valence-electron chi connectivity index (χ4n) is 3.12. The normalized spacial score (nSPS) is 16.8. The van der Waals surface area contributed by atoms with Crippen molar-refractivity contribution in [3.05, 3.63) is 30.1 Å². The number of carbonyl (C=O) groups excluding carboxylic acids is 2. The van der Waals surface area contributed by atoms with Gasteiger partial charge in [0.2, 0.25) is 11.8 Å². The summed E-state index contributed by atoms with van der Waals surface area (Å²) in [5.41, 5.74) is -0.491. The standard InChI is InChI=1S/C17H24FN3O4S/c1-20(2)16(23)17(19-14-6-4-5-13(18)11-14)7-9-21(10-8-17)15(22)12-26(3,24)25/h4-6,11,19H,7-10,12H2,1-3H3. The van der Waals surface area contributed by atoms with E-state index in [0.717, 1.165) is 6.26 Å². The van der Waals surface area contributed by atoms with E-state index in [1.807, 2.05) is 0 Å². The van der Waals surface area contributed by atoms with Gasteiger partial charge in [-0.1, -0.05) is 6.07 Å². The Morgan fingerprint density at radius 2 is 1.88 bits per heavy atom. The number of sulfone groups is 1. The zero-order chi connectivity index (χ0) is 19.5. The number of amides is 2. The molecule has 26 heavy (non-hydrogen) atoms. The maximum Gasteiger partial charge on any atom is 0.247 e. The van der Waals surface area contributed by atoms with Crippen molar-refractivity contribution < 1.29 is 22.4 Å². The van der Waals surface area contributed by atoms with Crippen molar-refractivity contribution >= 4 is 27.3 Å². The molecule has 2 amide bonds. The third kappa shape index (κ3) is 4.94. The van der Waals surface area contributed by atoms with Gasteiger partial charge in [0.05, 0.1) is 0 Å². The number of likely N-dealkylation sites (tertiary alicyclic amines) is 1. The fourth-order valence-corrected chi connectivity index (χ4v) is 3.75. The Morgan fingerprint density at radius 3 is 2.38 bits per heavy atom. The first-order valence-corrected chi connectivity index (χ1v) is 10.3. The number of rotatable bonds is 5. The lowest BCUT2D eigenvalue weighted by Gasteiger charge is -2.43. The average molecular weight is 385 g/mol. The van der Waals surface area contributed by atoms with Crippen LogP contribution < -0.4 is 5.32 Å². The summed E-state index contributed by atoms with van der Waals surface area (Å²) in [7, 11) is -0.133. The molecule has 1 aliphatic rings. The zero-order valence-electron chi connectivity index (χ0n) is 15.2. The SMILES string of the molecule is CN(C)C(=O)C1(Nc2cccc(F)c2)CCN(C(=O)CS(C)(=O)=O)CC1. The molecule has 1 saturated heterocycles. The number of anilines is 1. The fraction of sp³-hybridized carbons (Fsp3) is 0.529. The number of halogens is 1. The summed E-state index contributed by atoms with van der Waals surface area (Å²) in [5.74, 6) is -1.59. The molecule has 144 valence electrons. The molecule has 2 rings (SSSR count). The van der Waals surface area contributed by atoms with Gasteiger partial charge in [-0.25, -0.2) is 12.8 Å². The van der Waals surface area contributed by atoms with Crippen LogP contribution in [0.2, 0.25) is 0 Å². The van der Waals surface area contributed by atoms with Crippen LogP contribution in [0.15, 0.2) is 24.3 Å². The van der Waals surface area contributed by atoms with Crippen molar-refractivity contribution in [3.63, 3.8) is 0 Å². The summed E-state index contributed by atoms with van der Waals surface area (Å²) in [6.45, 7) is 0.493. The van der Waals surface area contributed by atoms with Crippen molar-refractivity contribution in [1.29, 1.82) is 0 Å². The van der Waals surface area contributed by atoms with Gasteiger partial charge in [0.25, 0.3) is 0 Å². The minimum Gasteiger partial charge on any atom is -0.371 e. The second kappa shape index (κ2) is 7.61. The molecule has 1 fully saturated rings. The van der Waals surface area contributed by atoms with Gasteiger partial charge in [0.15, 0.2) is 9.84 Å². The van der Waals surface area contributed by atoms with E-state index in [1.165, 1.54) is 21.9 Å². The Balaban J connectivity index is 2.18. The van der Waals surface area contributed by atoms with Crippen molar-refractivity contribution in [2.75, 3.05) is 44.5 Å². The van der Waals surface area contributed by atoms with Crippen molar-refractivity contribution in [2.45, 2.75) is 18.4 Å². The molecule has 1 aromatic rings. The van der Waals surface area contributed by atoms with Crippen LogP contribution in [0.3, 0.4) is 0 Å². The predicted molar refractivity (Wildman–Crippen MR) is 97.0 cm³/mol. The Kier molecular flexibility index (Phi) is 5.90. The highest BCUT2D eigenvalue weighted by Gasteiger charge is 2.43. The maximum atomic E-state index is 13.5. The van der Waals surface area contributed by atoms with Crippen LogP contribution in [0.1, 0.15) is 12.8 Å². The number of benzene rings is 1. The molecule has 0 radical (unpaired) electrons. The van der Waals surface area contributed by atoms with Crippen LogP contribution in [-0.2, 0) is 19.4 Å². The van der Waals surface area contributed by atoms with Crippen molar-refractivity contribution in [1.82, 2.24) is 9.80 Å². The zero-order valence-corrected chi connectivity index (χ0v) is 16.0. The summed E-state index contributed by atoms with van der Waals surface area (Å²) < 4.78 is 36.1. The molecule has 0 saturated carbocycles. The number of likely N-dealkylation sites (N-methyl/N-ethyl adjacent to an activating group) is 1. The van der Waals surface area contributed by atoms with Crippen molar-refractivity contribution in [3.8, 4) is 0 Å². The molecule has 0 aromatic heterocycles. The molecule has 1 N–H and O–H groups in total. The van der Waals surface area contributed by atoms with Crippen LogP contribution in [0.25, 0.3) is 0 Å². The van der Waals surface area contributed by atoms with Gasteiger partial charge in [0.1, 0.15) is 17.1 Å². The van der Waals surface area contributed by atoms with Gasteiger partial charge in [-0.05, 0) is 31.0 Å². The smallest absolute Gasteiger partial charge is 0.247 e. The number of hydrogen-bond donors (Lipinski definition) is 1. The Hall–Kier alpha value is -2.16. The van der Waals surface area contributed by atoms with Gasteiger partial charge in [-0.3, -0.25) is 9.59 Å². The summed E-state index contributed by atoms with van der Waals surface area (Å²) in [4.78, 5) is 27.8. The van der Waals surface area contributed by atoms with E-state index in [-0.39, 0.29) is 19.0 Å². The first kappa shape index (κ1) is 20.2. The predicted octanol–water partition coefficient (Wildman–Crippen LogP) is 0.732. The van der Waals surface area contributed by atoms with E-state index >= 15 is 0 Å². The second-order valence-electron chi connectivity index (χ2n) is 6.87. The van der Waals surface area contributed by atoms with Gasteiger partial charge >= 0.3 is 0 Å². The first-order chi connectivity index (χ1) is 12.0. The summed E-state index contributed by atoms with van der Waals surface area (Å²) >= 11 is 0. The van der Waals surface area contributed by atoms with E-state index < -0.39 is 32.9 Å². The molecule has 0 atom stereocenters. The molecular weight excluding hydrogens is 361 g/mol. The highest BCUT2D eigenvalue weighted by Crippen LogP contribution is 2.29. The van der Waals surface area contributed by atoms with Crippen LogP contribution in [-0.4, -0.2) is 74.8 Å². The molecule has 1 aromatic carbocycles. The minimum absolute atomic E-state index is 0.169. The van der Waals surface area contributed by atoms with E-state index in [1.54, 1.807) is 26.2 Å². The van der Waals surface area contributed by atoms with Gasteiger partial charge in [0, 0.05) is 39.1 Å².